The van der Waals surface area contributed by atoms with E-state index in [-0.39, 0.29) is 17.3 Å². The van der Waals surface area contributed by atoms with Crippen molar-refractivity contribution in [2.45, 2.75) is 46.1 Å². The number of aliphatic hydroxyl groups excluding tert-OH is 1. The van der Waals surface area contributed by atoms with Gasteiger partial charge in [0.05, 0.1) is 25.3 Å². The van der Waals surface area contributed by atoms with Crippen LogP contribution >= 0.6 is 0 Å². The van der Waals surface area contributed by atoms with Crippen LogP contribution in [-0.2, 0) is 9.59 Å². The summed E-state index contributed by atoms with van der Waals surface area (Å²) in [7, 11) is 1.60. The molecule has 32 heavy (non-hydrogen) atoms. The first kappa shape index (κ1) is 23.4. The van der Waals surface area contributed by atoms with Gasteiger partial charge in [-0.05, 0) is 60.7 Å². The van der Waals surface area contributed by atoms with Gasteiger partial charge in [-0.3, -0.25) is 9.59 Å². The van der Waals surface area contributed by atoms with Crippen molar-refractivity contribution in [2.75, 3.05) is 20.3 Å². The summed E-state index contributed by atoms with van der Waals surface area (Å²) < 4.78 is 11.1. The van der Waals surface area contributed by atoms with Crippen molar-refractivity contribution in [3.05, 3.63) is 64.7 Å². The largest absolute Gasteiger partial charge is 0.507 e. The van der Waals surface area contributed by atoms with E-state index in [1.807, 2.05) is 58.0 Å². The number of carbonyl (C=O) groups excluding carboxylic acids is 2. The summed E-state index contributed by atoms with van der Waals surface area (Å²) in [6.45, 7) is 8.81. The molecule has 1 unspecified atom stereocenters. The molecule has 0 aromatic heterocycles. The molecule has 0 radical (unpaired) electrons. The fraction of sp³-hybridized carbons (Fsp3) is 0.385. The third-order valence-electron chi connectivity index (χ3n) is 5.61. The van der Waals surface area contributed by atoms with Gasteiger partial charge in [0.15, 0.2) is 0 Å². The molecule has 1 aliphatic heterocycles. The molecule has 0 aliphatic carbocycles. The summed E-state index contributed by atoms with van der Waals surface area (Å²) in [5.74, 6) is 0.0576. The third kappa shape index (κ3) is 4.35. The van der Waals surface area contributed by atoms with E-state index < -0.39 is 17.7 Å². The Labute approximate surface area is 189 Å². The number of nitrogens with zero attached hydrogens (tertiary/aromatic N) is 1. The fourth-order valence-corrected chi connectivity index (χ4v) is 4.13. The Morgan fingerprint density at radius 3 is 2.50 bits per heavy atom. The van der Waals surface area contributed by atoms with Gasteiger partial charge in [0, 0.05) is 12.1 Å². The first-order valence-corrected chi connectivity index (χ1v) is 11.0. The Kier molecular flexibility index (Phi) is 7.23. The predicted octanol–water partition coefficient (Wildman–Crippen LogP) is 5.05. The summed E-state index contributed by atoms with van der Waals surface area (Å²) in [5, 5.41) is 11.3. The van der Waals surface area contributed by atoms with Crippen molar-refractivity contribution >= 4 is 17.4 Å². The van der Waals surface area contributed by atoms with Crippen LogP contribution in [0.3, 0.4) is 0 Å². The van der Waals surface area contributed by atoms with Crippen LogP contribution in [0.2, 0.25) is 0 Å². The lowest BCUT2D eigenvalue weighted by molar-refractivity contribution is -0.139. The van der Waals surface area contributed by atoms with Crippen LogP contribution in [0.5, 0.6) is 11.5 Å². The highest BCUT2D eigenvalue weighted by molar-refractivity contribution is 6.46. The van der Waals surface area contributed by atoms with E-state index in [4.69, 9.17) is 9.47 Å². The van der Waals surface area contributed by atoms with Gasteiger partial charge in [-0.1, -0.05) is 32.9 Å². The number of benzene rings is 2. The van der Waals surface area contributed by atoms with E-state index in [1.165, 1.54) is 4.90 Å². The Morgan fingerprint density at radius 1 is 1.12 bits per heavy atom. The number of hydrogen-bond donors (Lipinski definition) is 1. The smallest absolute Gasteiger partial charge is 0.295 e. The second-order valence-electron chi connectivity index (χ2n) is 8.11. The minimum absolute atomic E-state index is 0.0944. The highest BCUT2D eigenvalue weighted by Crippen LogP contribution is 2.41. The van der Waals surface area contributed by atoms with E-state index in [2.05, 4.69) is 0 Å². The maximum Gasteiger partial charge on any atom is 0.295 e. The zero-order valence-corrected chi connectivity index (χ0v) is 19.3. The van der Waals surface area contributed by atoms with Gasteiger partial charge in [0.1, 0.15) is 17.3 Å². The topological polar surface area (TPSA) is 76.1 Å². The number of Topliss-reactive ketones (excluding diaryl/α,β-unsaturated/α-hetero) is 1. The summed E-state index contributed by atoms with van der Waals surface area (Å²) in [6.07, 6.45) is 0.689. The molecule has 1 aliphatic rings. The quantitative estimate of drug-likeness (QED) is 0.355. The summed E-state index contributed by atoms with van der Waals surface area (Å²) in [5.41, 5.74) is 2.21. The van der Waals surface area contributed by atoms with Gasteiger partial charge in [-0.2, -0.15) is 0 Å². The molecule has 0 spiro atoms. The summed E-state index contributed by atoms with van der Waals surface area (Å²) in [4.78, 5) is 27.5. The maximum absolute atomic E-state index is 13.1. The van der Waals surface area contributed by atoms with Crippen LogP contribution in [-0.4, -0.2) is 42.0 Å². The number of ketones is 1. The SMILES string of the molecule is CCCN1C(=O)C(=O)/C(=C(/O)c2ccc(OC)c(C(C)C)c2)C1c1cccc(OCC)c1. The molecular formula is C26H31NO5. The standard InChI is InChI=1S/C26H31NO5/c1-6-13-27-23(17-9-8-10-19(14-17)32-7-2)22(25(29)26(27)30)24(28)18-11-12-21(31-5)20(15-18)16(3)4/h8-12,14-16,23,28H,6-7,13H2,1-5H3/b24-22+. The van der Waals surface area contributed by atoms with Gasteiger partial charge in [-0.25, -0.2) is 0 Å². The van der Waals surface area contributed by atoms with Crippen LogP contribution in [0.15, 0.2) is 48.0 Å². The minimum atomic E-state index is -0.681. The minimum Gasteiger partial charge on any atom is -0.507 e. The number of hydrogen-bond acceptors (Lipinski definition) is 5. The monoisotopic (exact) mass is 437 g/mol. The van der Waals surface area contributed by atoms with Gasteiger partial charge >= 0.3 is 0 Å². The number of likely N-dealkylation sites (tertiary alicyclic amines) is 1. The molecule has 170 valence electrons. The van der Waals surface area contributed by atoms with Crippen molar-refractivity contribution < 1.29 is 24.2 Å². The van der Waals surface area contributed by atoms with E-state index in [0.717, 1.165) is 11.1 Å². The lowest BCUT2D eigenvalue weighted by Crippen LogP contribution is -2.30. The van der Waals surface area contributed by atoms with Gasteiger partial charge < -0.3 is 19.5 Å². The Bertz CT molecular complexity index is 1040. The van der Waals surface area contributed by atoms with E-state index in [0.29, 0.717) is 36.6 Å². The van der Waals surface area contributed by atoms with E-state index in [9.17, 15) is 14.7 Å². The summed E-state index contributed by atoms with van der Waals surface area (Å²) in [6, 6.07) is 12.0. The number of methoxy groups -OCH3 is 1. The molecule has 1 amide bonds. The molecule has 1 fully saturated rings. The van der Waals surface area contributed by atoms with E-state index >= 15 is 0 Å². The molecule has 1 atom stereocenters. The molecule has 1 heterocycles. The first-order valence-electron chi connectivity index (χ1n) is 11.0. The molecule has 1 N–H and O–H groups in total. The number of aliphatic hydroxyl groups is 1. The maximum atomic E-state index is 13.1. The van der Waals surface area contributed by atoms with Crippen LogP contribution in [0.25, 0.3) is 5.76 Å². The second-order valence-corrected chi connectivity index (χ2v) is 8.11. The van der Waals surface area contributed by atoms with Crippen molar-refractivity contribution in [1.29, 1.82) is 0 Å². The normalized spacial score (nSPS) is 17.8. The zero-order valence-electron chi connectivity index (χ0n) is 19.3. The summed E-state index contributed by atoms with van der Waals surface area (Å²) >= 11 is 0. The molecule has 0 bridgehead atoms. The third-order valence-corrected chi connectivity index (χ3v) is 5.61. The molecule has 6 heteroatoms. The molecule has 3 rings (SSSR count). The number of carbonyl (C=O) groups is 2. The lowest BCUT2D eigenvalue weighted by Gasteiger charge is -2.25. The van der Waals surface area contributed by atoms with Crippen LogP contribution in [0.4, 0.5) is 0 Å². The number of rotatable bonds is 8. The average molecular weight is 438 g/mol. The Hall–Kier alpha value is -3.28. The Morgan fingerprint density at radius 2 is 1.88 bits per heavy atom. The number of amides is 1. The average Bonchev–Trinajstić information content (AvgIpc) is 3.03. The molecular weight excluding hydrogens is 406 g/mol. The Balaban J connectivity index is 2.20. The fourth-order valence-electron chi connectivity index (χ4n) is 4.13. The van der Waals surface area contributed by atoms with Crippen molar-refractivity contribution in [3.8, 4) is 11.5 Å². The van der Waals surface area contributed by atoms with Gasteiger partial charge in [0.2, 0.25) is 0 Å². The van der Waals surface area contributed by atoms with Crippen molar-refractivity contribution in [1.82, 2.24) is 4.90 Å². The van der Waals surface area contributed by atoms with Gasteiger partial charge in [0.25, 0.3) is 11.7 Å². The molecule has 2 aromatic rings. The van der Waals surface area contributed by atoms with Crippen LogP contribution in [0.1, 0.15) is 62.8 Å². The molecule has 6 nitrogen and oxygen atoms in total. The number of ether oxygens (including phenoxy) is 2. The zero-order chi connectivity index (χ0) is 23.4. The van der Waals surface area contributed by atoms with Crippen molar-refractivity contribution in [2.24, 2.45) is 0 Å². The highest BCUT2D eigenvalue weighted by Gasteiger charge is 2.45. The molecule has 2 aromatic carbocycles. The molecule has 0 saturated carbocycles. The lowest BCUT2D eigenvalue weighted by atomic mass is 9.93. The van der Waals surface area contributed by atoms with E-state index in [1.54, 1.807) is 19.2 Å². The molecule has 1 saturated heterocycles. The second kappa shape index (κ2) is 9.90. The predicted molar refractivity (Wildman–Crippen MR) is 124 cm³/mol. The van der Waals surface area contributed by atoms with Crippen LogP contribution in [0, 0.1) is 0 Å². The van der Waals surface area contributed by atoms with Crippen molar-refractivity contribution in [3.63, 3.8) is 0 Å². The van der Waals surface area contributed by atoms with Crippen LogP contribution < -0.4 is 9.47 Å². The highest BCUT2D eigenvalue weighted by atomic mass is 16.5. The van der Waals surface area contributed by atoms with Gasteiger partial charge in [-0.15, -0.1) is 0 Å². The first-order chi connectivity index (χ1) is 15.3.